The van der Waals surface area contributed by atoms with Gasteiger partial charge in [0, 0.05) is 29.2 Å². The molecule has 0 spiro atoms. The molecule has 6 nitrogen and oxygen atoms in total. The van der Waals surface area contributed by atoms with Crippen LogP contribution < -0.4 is 14.4 Å². The maximum Gasteiger partial charge on any atom is 0.344 e. The molecule has 2 aromatic carbocycles. The van der Waals surface area contributed by atoms with Gasteiger partial charge in [-0.15, -0.1) is 0 Å². The number of hydrogen-bond donors (Lipinski definition) is 0. The lowest BCUT2D eigenvalue weighted by atomic mass is 10.2. The largest absolute Gasteiger partial charge is 0.482 e. The van der Waals surface area contributed by atoms with E-state index in [1.807, 2.05) is 24.3 Å². The predicted molar refractivity (Wildman–Crippen MR) is 113 cm³/mol. The molecule has 2 aromatic rings. The zero-order valence-corrected chi connectivity index (χ0v) is 18.3. The first kappa shape index (κ1) is 21.2. The number of anilines is 1. The van der Waals surface area contributed by atoms with Crippen molar-refractivity contribution in [3.8, 4) is 11.5 Å². The third-order valence-corrected chi connectivity index (χ3v) is 4.68. The third kappa shape index (κ3) is 5.97. The van der Waals surface area contributed by atoms with Gasteiger partial charge in [0.25, 0.3) is 5.91 Å². The van der Waals surface area contributed by atoms with Gasteiger partial charge in [-0.2, -0.15) is 0 Å². The summed E-state index contributed by atoms with van der Waals surface area (Å²) >= 11 is 3.40. The van der Waals surface area contributed by atoms with Crippen LogP contribution in [0.5, 0.6) is 11.5 Å². The van der Waals surface area contributed by atoms with E-state index in [-0.39, 0.29) is 12.5 Å². The molecule has 7 heteroatoms. The molecule has 0 radical (unpaired) electrons. The summed E-state index contributed by atoms with van der Waals surface area (Å²) in [6, 6.07) is 14.5. The van der Waals surface area contributed by atoms with Crippen LogP contribution in [0.25, 0.3) is 0 Å². The molecular weight excluding hydrogens is 438 g/mol. The number of hydrogen-bond acceptors (Lipinski definition) is 5. The van der Waals surface area contributed by atoms with Gasteiger partial charge in [0.05, 0.1) is 0 Å². The van der Waals surface area contributed by atoms with Crippen LogP contribution in [0.4, 0.5) is 5.69 Å². The topological polar surface area (TPSA) is 65.1 Å². The van der Waals surface area contributed by atoms with Gasteiger partial charge < -0.3 is 19.1 Å². The quantitative estimate of drug-likeness (QED) is 0.598. The molecule has 0 N–H and O–H groups in total. The molecule has 0 bridgehead atoms. The van der Waals surface area contributed by atoms with Gasteiger partial charge in [-0.25, -0.2) is 4.79 Å². The highest BCUT2D eigenvalue weighted by molar-refractivity contribution is 9.10. The smallest absolute Gasteiger partial charge is 0.344 e. The summed E-state index contributed by atoms with van der Waals surface area (Å²) in [5.41, 5.74) is 0.285. The van der Waals surface area contributed by atoms with Gasteiger partial charge in [-0.3, -0.25) is 4.79 Å². The van der Waals surface area contributed by atoms with Crippen molar-refractivity contribution in [2.24, 2.45) is 0 Å². The Morgan fingerprint density at radius 1 is 1.14 bits per heavy atom. The van der Waals surface area contributed by atoms with Crippen LogP contribution in [0.1, 0.15) is 27.2 Å². The first-order chi connectivity index (χ1) is 13.7. The van der Waals surface area contributed by atoms with Crippen LogP contribution in [-0.2, 0) is 14.3 Å². The van der Waals surface area contributed by atoms with Crippen LogP contribution in [0.15, 0.2) is 53.0 Å². The second-order valence-electron chi connectivity index (χ2n) is 7.71. The van der Waals surface area contributed by atoms with Crippen molar-refractivity contribution < 1.29 is 23.8 Å². The van der Waals surface area contributed by atoms with Crippen LogP contribution in [0.3, 0.4) is 0 Å². The lowest BCUT2D eigenvalue weighted by Gasteiger charge is -2.19. The van der Waals surface area contributed by atoms with Crippen LogP contribution in [0, 0.1) is 0 Å². The molecule has 1 atom stereocenters. The lowest BCUT2D eigenvalue weighted by Crippen LogP contribution is -2.32. The van der Waals surface area contributed by atoms with Crippen molar-refractivity contribution in [2.75, 3.05) is 18.1 Å². The number of rotatable bonds is 6. The molecule has 0 aliphatic carbocycles. The zero-order valence-electron chi connectivity index (χ0n) is 16.7. The monoisotopic (exact) mass is 461 g/mol. The highest BCUT2D eigenvalue weighted by Crippen LogP contribution is 2.27. The molecule has 154 valence electrons. The van der Waals surface area contributed by atoms with E-state index in [4.69, 9.17) is 14.2 Å². The van der Waals surface area contributed by atoms with E-state index in [9.17, 15) is 9.59 Å². The number of ether oxygens (including phenoxy) is 3. The first-order valence-corrected chi connectivity index (χ1v) is 10.2. The fraction of sp³-hybridized carbons (Fsp3) is 0.364. The van der Waals surface area contributed by atoms with Crippen LogP contribution in [-0.4, -0.2) is 36.7 Å². The van der Waals surface area contributed by atoms with Crippen molar-refractivity contribution >= 4 is 33.5 Å². The van der Waals surface area contributed by atoms with Gasteiger partial charge in [-0.05, 0) is 57.2 Å². The Balaban J connectivity index is 1.58. The maximum absolute atomic E-state index is 12.7. The van der Waals surface area contributed by atoms with E-state index in [0.717, 1.165) is 10.2 Å². The normalized spacial score (nSPS) is 16.6. The number of nitrogens with zero attached hydrogens (tertiary/aromatic N) is 1. The molecule has 1 aliphatic heterocycles. The SMILES string of the molecule is CC(C)(C)OC(=O)COc1cccc(OC2CCN(c3ccc(Br)cc3)C2=O)c1. The van der Waals surface area contributed by atoms with Crippen molar-refractivity contribution in [3.05, 3.63) is 53.0 Å². The average Bonchev–Trinajstić information content (AvgIpc) is 3.00. The minimum Gasteiger partial charge on any atom is -0.482 e. The molecule has 1 unspecified atom stereocenters. The van der Waals surface area contributed by atoms with Crippen molar-refractivity contribution in [1.82, 2.24) is 0 Å². The van der Waals surface area contributed by atoms with Gasteiger partial charge >= 0.3 is 5.97 Å². The number of carbonyl (C=O) groups is 2. The summed E-state index contributed by atoms with van der Waals surface area (Å²) in [7, 11) is 0. The number of carbonyl (C=O) groups excluding carboxylic acids is 2. The van der Waals surface area contributed by atoms with Gasteiger partial charge in [0.1, 0.15) is 17.1 Å². The Labute approximate surface area is 178 Å². The summed E-state index contributed by atoms with van der Waals surface area (Å²) < 4.78 is 17.6. The number of benzene rings is 2. The molecular formula is C22H24BrNO5. The Kier molecular flexibility index (Phi) is 6.47. The molecule has 0 saturated carbocycles. The van der Waals surface area contributed by atoms with Crippen molar-refractivity contribution in [2.45, 2.75) is 38.9 Å². The van der Waals surface area contributed by atoms with E-state index in [0.29, 0.717) is 24.5 Å². The Morgan fingerprint density at radius 3 is 2.52 bits per heavy atom. The van der Waals surface area contributed by atoms with Gasteiger partial charge in [0.15, 0.2) is 12.7 Å². The van der Waals surface area contributed by atoms with Crippen molar-refractivity contribution in [3.63, 3.8) is 0 Å². The minimum atomic E-state index is -0.561. The standard InChI is InChI=1S/C22H24BrNO5/c1-22(2,3)29-20(25)14-27-17-5-4-6-18(13-17)28-19-11-12-24(21(19)26)16-9-7-15(23)8-10-16/h4-10,13,19H,11-12,14H2,1-3H3. The number of halogens is 1. The summed E-state index contributed by atoms with van der Waals surface area (Å²) in [5.74, 6) is 0.471. The summed E-state index contributed by atoms with van der Waals surface area (Å²) in [6.07, 6.45) is 0.0393. The van der Waals surface area contributed by atoms with Crippen molar-refractivity contribution in [1.29, 1.82) is 0 Å². The van der Waals surface area contributed by atoms with E-state index < -0.39 is 17.7 Å². The second-order valence-corrected chi connectivity index (χ2v) is 8.63. The highest BCUT2D eigenvalue weighted by atomic mass is 79.9. The predicted octanol–water partition coefficient (Wildman–Crippen LogP) is 4.35. The zero-order chi connectivity index (χ0) is 21.0. The maximum atomic E-state index is 12.7. The molecule has 3 rings (SSSR count). The van der Waals surface area contributed by atoms with Gasteiger partial charge in [-0.1, -0.05) is 22.0 Å². The molecule has 29 heavy (non-hydrogen) atoms. The fourth-order valence-electron chi connectivity index (χ4n) is 2.96. The highest BCUT2D eigenvalue weighted by Gasteiger charge is 2.34. The molecule has 1 amide bonds. The second kappa shape index (κ2) is 8.86. The van der Waals surface area contributed by atoms with E-state index >= 15 is 0 Å². The average molecular weight is 462 g/mol. The summed E-state index contributed by atoms with van der Waals surface area (Å²) in [6.45, 7) is 5.81. The minimum absolute atomic E-state index is 0.0765. The Morgan fingerprint density at radius 2 is 1.83 bits per heavy atom. The Hall–Kier alpha value is -2.54. The van der Waals surface area contributed by atoms with E-state index in [1.54, 1.807) is 49.9 Å². The summed E-state index contributed by atoms with van der Waals surface area (Å²) in [4.78, 5) is 26.2. The number of amides is 1. The number of esters is 1. The molecule has 0 aromatic heterocycles. The molecule has 1 aliphatic rings. The van der Waals surface area contributed by atoms with E-state index in [2.05, 4.69) is 15.9 Å². The lowest BCUT2D eigenvalue weighted by molar-refractivity contribution is -0.157. The van der Waals surface area contributed by atoms with Crippen LogP contribution in [0.2, 0.25) is 0 Å². The summed E-state index contributed by atoms with van der Waals surface area (Å²) in [5, 5.41) is 0. The third-order valence-electron chi connectivity index (χ3n) is 4.16. The fourth-order valence-corrected chi connectivity index (χ4v) is 3.22. The van der Waals surface area contributed by atoms with E-state index in [1.165, 1.54) is 0 Å². The molecule has 1 heterocycles. The molecule has 1 saturated heterocycles. The molecule has 1 fully saturated rings. The van der Waals surface area contributed by atoms with Gasteiger partial charge in [0.2, 0.25) is 0 Å². The first-order valence-electron chi connectivity index (χ1n) is 9.39. The Bertz CT molecular complexity index is 876. The van der Waals surface area contributed by atoms with Crippen LogP contribution >= 0.6 is 15.9 Å².